The lowest BCUT2D eigenvalue weighted by molar-refractivity contribution is -0.112. The van der Waals surface area contributed by atoms with Gasteiger partial charge in [0.2, 0.25) is 0 Å². The minimum atomic E-state index is -0.590. The summed E-state index contributed by atoms with van der Waals surface area (Å²) < 4.78 is 11.1. The van der Waals surface area contributed by atoms with E-state index in [0.717, 1.165) is 6.42 Å². The summed E-state index contributed by atoms with van der Waals surface area (Å²) in [4.78, 5) is 12.5. The number of anilines is 1. The van der Waals surface area contributed by atoms with Gasteiger partial charge in [-0.05, 0) is 54.3 Å². The van der Waals surface area contributed by atoms with Crippen LogP contribution in [-0.2, 0) is 4.79 Å². The Hall–Kier alpha value is -2.68. The minimum Gasteiger partial charge on any atom is -0.493 e. The molecule has 0 spiro atoms. The van der Waals surface area contributed by atoms with Crippen molar-refractivity contribution in [3.8, 4) is 17.6 Å². The van der Waals surface area contributed by atoms with Gasteiger partial charge in [0.25, 0.3) is 5.91 Å². The van der Waals surface area contributed by atoms with Gasteiger partial charge in [0.15, 0.2) is 11.5 Å². The maximum Gasteiger partial charge on any atom is 0.266 e. The first-order valence-corrected chi connectivity index (χ1v) is 9.78. The molecule has 0 saturated heterocycles. The molecule has 1 N–H and O–H groups in total. The van der Waals surface area contributed by atoms with Crippen LogP contribution >= 0.6 is 23.2 Å². The number of rotatable bonds is 8. The van der Waals surface area contributed by atoms with Crippen molar-refractivity contribution in [3.63, 3.8) is 0 Å². The third-order valence-electron chi connectivity index (χ3n) is 3.99. The third-order valence-corrected chi connectivity index (χ3v) is 4.56. The molecule has 0 aromatic heterocycles. The van der Waals surface area contributed by atoms with Gasteiger partial charge in [-0.2, -0.15) is 5.26 Å². The predicted molar refractivity (Wildman–Crippen MR) is 117 cm³/mol. The first-order valence-electron chi connectivity index (χ1n) is 9.03. The lowest BCUT2D eigenvalue weighted by atomic mass is 10.1. The van der Waals surface area contributed by atoms with E-state index in [9.17, 15) is 10.1 Å². The van der Waals surface area contributed by atoms with E-state index in [2.05, 4.69) is 19.2 Å². The molecule has 0 radical (unpaired) electrons. The van der Waals surface area contributed by atoms with E-state index in [-0.39, 0.29) is 5.57 Å². The van der Waals surface area contributed by atoms with Crippen molar-refractivity contribution in [1.82, 2.24) is 0 Å². The van der Waals surface area contributed by atoms with Gasteiger partial charge in [-0.1, -0.05) is 43.1 Å². The van der Waals surface area contributed by atoms with Gasteiger partial charge < -0.3 is 14.8 Å². The number of carbonyl (C=O) groups excluding carboxylic acids is 1. The van der Waals surface area contributed by atoms with Crippen molar-refractivity contribution in [3.05, 3.63) is 57.6 Å². The van der Waals surface area contributed by atoms with Crippen LogP contribution < -0.4 is 14.8 Å². The summed E-state index contributed by atoms with van der Waals surface area (Å²) in [5, 5.41) is 12.8. The molecule has 5 nitrogen and oxygen atoms in total. The number of methoxy groups -OCH3 is 1. The van der Waals surface area contributed by atoms with E-state index >= 15 is 0 Å². The highest BCUT2D eigenvalue weighted by atomic mass is 35.5. The second kappa shape index (κ2) is 10.8. The van der Waals surface area contributed by atoms with E-state index in [0.29, 0.717) is 45.3 Å². The average molecular weight is 433 g/mol. The normalized spacial score (nSPS) is 11.1. The van der Waals surface area contributed by atoms with Gasteiger partial charge >= 0.3 is 0 Å². The molecule has 0 saturated carbocycles. The molecule has 2 aromatic carbocycles. The summed E-state index contributed by atoms with van der Waals surface area (Å²) in [5.74, 6) is 1.08. The van der Waals surface area contributed by atoms with Crippen LogP contribution in [0.4, 0.5) is 5.69 Å². The second-order valence-electron chi connectivity index (χ2n) is 6.69. The van der Waals surface area contributed by atoms with Crippen molar-refractivity contribution in [2.24, 2.45) is 5.92 Å². The Bertz CT molecular complexity index is 950. The van der Waals surface area contributed by atoms with Crippen LogP contribution in [0.2, 0.25) is 10.0 Å². The molecule has 0 aliphatic rings. The van der Waals surface area contributed by atoms with Crippen molar-refractivity contribution < 1.29 is 14.3 Å². The highest BCUT2D eigenvalue weighted by molar-refractivity contribution is 6.36. The van der Waals surface area contributed by atoms with Gasteiger partial charge in [-0.15, -0.1) is 0 Å². The molecular formula is C22H22Cl2N2O3. The van der Waals surface area contributed by atoms with Crippen LogP contribution in [-0.4, -0.2) is 19.6 Å². The van der Waals surface area contributed by atoms with E-state index in [1.54, 1.807) is 30.3 Å². The Morgan fingerprint density at radius 2 is 1.97 bits per heavy atom. The lowest BCUT2D eigenvalue weighted by Crippen LogP contribution is -2.13. The van der Waals surface area contributed by atoms with Gasteiger partial charge in [-0.25, -0.2) is 0 Å². The molecule has 29 heavy (non-hydrogen) atoms. The molecule has 0 bridgehead atoms. The number of hydrogen-bond acceptors (Lipinski definition) is 4. The molecular weight excluding hydrogens is 411 g/mol. The van der Waals surface area contributed by atoms with Crippen LogP contribution in [0.5, 0.6) is 11.5 Å². The maximum absolute atomic E-state index is 12.5. The minimum absolute atomic E-state index is 0.0865. The van der Waals surface area contributed by atoms with Crippen LogP contribution in [0, 0.1) is 17.2 Å². The molecule has 0 unspecified atom stereocenters. The Morgan fingerprint density at radius 3 is 2.62 bits per heavy atom. The molecule has 1 amide bonds. The number of nitrogens with one attached hydrogen (secondary N) is 1. The standard InChI is InChI=1S/C22H22Cl2N2O3/c1-14(2)8-9-29-20-7-4-15(11-21(20)28-3)10-16(13-25)22(27)26-19-12-17(23)5-6-18(19)24/h4-7,10-12,14H,8-9H2,1-3H3,(H,26,27)/b16-10+. The topological polar surface area (TPSA) is 71.3 Å². The molecule has 2 rings (SSSR count). The number of amides is 1. The van der Waals surface area contributed by atoms with Crippen molar-refractivity contribution in [2.45, 2.75) is 20.3 Å². The van der Waals surface area contributed by atoms with Crippen LogP contribution in [0.1, 0.15) is 25.8 Å². The zero-order valence-electron chi connectivity index (χ0n) is 16.5. The quantitative estimate of drug-likeness (QED) is 0.411. The molecule has 2 aromatic rings. The number of benzene rings is 2. The van der Waals surface area contributed by atoms with E-state index in [4.69, 9.17) is 32.7 Å². The van der Waals surface area contributed by atoms with E-state index in [1.807, 2.05) is 6.07 Å². The number of nitriles is 1. The lowest BCUT2D eigenvalue weighted by Gasteiger charge is -2.12. The van der Waals surface area contributed by atoms with Crippen LogP contribution in [0.3, 0.4) is 0 Å². The first kappa shape index (κ1) is 22.6. The summed E-state index contributed by atoms with van der Waals surface area (Å²) in [6, 6.07) is 11.8. The number of ether oxygens (including phenoxy) is 2. The SMILES string of the molecule is COc1cc(/C=C(\C#N)C(=O)Nc2cc(Cl)ccc2Cl)ccc1OCCC(C)C. The van der Waals surface area contributed by atoms with Gasteiger partial charge in [-0.3, -0.25) is 4.79 Å². The van der Waals surface area contributed by atoms with E-state index in [1.165, 1.54) is 19.3 Å². The molecule has 0 fully saturated rings. The fraction of sp³-hybridized carbons (Fsp3) is 0.273. The molecule has 0 heterocycles. The maximum atomic E-state index is 12.5. The number of hydrogen-bond donors (Lipinski definition) is 1. The molecule has 0 aliphatic carbocycles. The summed E-state index contributed by atoms with van der Waals surface area (Å²) >= 11 is 12.0. The van der Waals surface area contributed by atoms with Crippen molar-refractivity contribution in [1.29, 1.82) is 5.26 Å². The van der Waals surface area contributed by atoms with Crippen molar-refractivity contribution in [2.75, 3.05) is 19.0 Å². The van der Waals surface area contributed by atoms with Gasteiger partial charge in [0.1, 0.15) is 11.6 Å². The smallest absolute Gasteiger partial charge is 0.266 e. The second-order valence-corrected chi connectivity index (χ2v) is 7.53. The number of carbonyl (C=O) groups is 1. The molecule has 0 atom stereocenters. The van der Waals surface area contributed by atoms with Gasteiger partial charge in [0, 0.05) is 5.02 Å². The summed E-state index contributed by atoms with van der Waals surface area (Å²) in [6.45, 7) is 4.83. The molecule has 0 aliphatic heterocycles. The Labute approximate surface area is 180 Å². The first-order chi connectivity index (χ1) is 13.8. The van der Waals surface area contributed by atoms with Crippen molar-refractivity contribution >= 4 is 40.9 Å². The number of nitrogens with zero attached hydrogens (tertiary/aromatic N) is 1. The third kappa shape index (κ3) is 6.70. The van der Waals surface area contributed by atoms with E-state index < -0.39 is 5.91 Å². The number of halogens is 2. The average Bonchev–Trinajstić information content (AvgIpc) is 2.69. The summed E-state index contributed by atoms with van der Waals surface area (Å²) in [7, 11) is 1.54. The fourth-order valence-corrected chi connectivity index (χ4v) is 2.73. The summed E-state index contributed by atoms with van der Waals surface area (Å²) in [6.07, 6.45) is 2.39. The highest BCUT2D eigenvalue weighted by Crippen LogP contribution is 2.30. The largest absolute Gasteiger partial charge is 0.493 e. The molecule has 7 heteroatoms. The molecule has 152 valence electrons. The Balaban J connectivity index is 2.20. The highest BCUT2D eigenvalue weighted by Gasteiger charge is 2.13. The van der Waals surface area contributed by atoms with Crippen LogP contribution in [0.15, 0.2) is 42.0 Å². The monoisotopic (exact) mass is 432 g/mol. The zero-order valence-corrected chi connectivity index (χ0v) is 18.0. The van der Waals surface area contributed by atoms with Gasteiger partial charge in [0.05, 0.1) is 24.4 Å². The Kier molecular flexibility index (Phi) is 8.38. The zero-order chi connectivity index (χ0) is 21.4. The predicted octanol–water partition coefficient (Wildman–Crippen LogP) is 5.97. The fourth-order valence-electron chi connectivity index (χ4n) is 2.40. The summed E-state index contributed by atoms with van der Waals surface area (Å²) in [5.41, 5.74) is 0.871. The van der Waals surface area contributed by atoms with Crippen LogP contribution in [0.25, 0.3) is 6.08 Å². The Morgan fingerprint density at radius 1 is 1.21 bits per heavy atom.